The number of anilines is 2. The van der Waals surface area contributed by atoms with Gasteiger partial charge in [0.2, 0.25) is 0 Å². The van der Waals surface area contributed by atoms with Gasteiger partial charge in [-0.05, 0) is 42.5 Å². The average molecular weight is 375 g/mol. The van der Waals surface area contributed by atoms with E-state index in [9.17, 15) is 14.0 Å². The van der Waals surface area contributed by atoms with Crippen LogP contribution in [0.4, 0.5) is 15.8 Å². The van der Waals surface area contributed by atoms with Gasteiger partial charge in [-0.15, -0.1) is 0 Å². The molecule has 9 heteroatoms. The lowest BCUT2D eigenvalue weighted by Gasteiger charge is -2.20. The lowest BCUT2D eigenvalue weighted by molar-refractivity contribution is -0.121. The molecule has 0 aliphatic carbocycles. The number of ether oxygens (including phenoxy) is 1. The summed E-state index contributed by atoms with van der Waals surface area (Å²) in [6.07, 6.45) is 0. The van der Waals surface area contributed by atoms with Crippen LogP contribution in [0.5, 0.6) is 5.75 Å². The predicted octanol–water partition coefficient (Wildman–Crippen LogP) is 2.99. The molecule has 2 aliphatic rings. The molecule has 0 N–H and O–H groups in total. The van der Waals surface area contributed by atoms with Gasteiger partial charge in [-0.1, -0.05) is 16.8 Å². The van der Waals surface area contributed by atoms with E-state index in [4.69, 9.17) is 16.3 Å². The summed E-state index contributed by atoms with van der Waals surface area (Å²) >= 11 is 5.81. The van der Waals surface area contributed by atoms with E-state index in [1.54, 1.807) is 24.3 Å². The van der Waals surface area contributed by atoms with Crippen molar-refractivity contribution < 1.29 is 18.7 Å². The summed E-state index contributed by atoms with van der Waals surface area (Å²) < 4.78 is 18.5. The molecule has 4 rings (SSSR count). The van der Waals surface area contributed by atoms with Gasteiger partial charge in [-0.3, -0.25) is 9.59 Å². The van der Waals surface area contributed by atoms with Crippen LogP contribution in [0.3, 0.4) is 0 Å². The number of fused-ring (bicyclic) bond motifs is 1. The summed E-state index contributed by atoms with van der Waals surface area (Å²) in [6, 6.07) is 8.61. The van der Waals surface area contributed by atoms with E-state index >= 15 is 0 Å². The summed E-state index contributed by atoms with van der Waals surface area (Å²) in [5.74, 6) is -0.910. The zero-order chi connectivity index (χ0) is 18.4. The van der Waals surface area contributed by atoms with Crippen LogP contribution in [0.1, 0.15) is 0 Å². The quantitative estimate of drug-likeness (QED) is 0.774. The molecule has 0 saturated carbocycles. The van der Waals surface area contributed by atoms with E-state index in [1.807, 2.05) is 0 Å². The van der Waals surface area contributed by atoms with Gasteiger partial charge in [-0.25, -0.2) is 14.3 Å². The Hall–Kier alpha value is -3.00. The van der Waals surface area contributed by atoms with Crippen LogP contribution in [-0.4, -0.2) is 31.0 Å². The Labute approximate surface area is 152 Å². The van der Waals surface area contributed by atoms with E-state index < -0.39 is 29.7 Å². The van der Waals surface area contributed by atoms with E-state index in [0.717, 1.165) is 4.90 Å². The van der Waals surface area contributed by atoms with Gasteiger partial charge in [0.25, 0.3) is 11.8 Å². The fourth-order valence-corrected chi connectivity index (χ4v) is 3.16. The van der Waals surface area contributed by atoms with Crippen molar-refractivity contribution >= 4 is 34.8 Å². The smallest absolute Gasteiger partial charge is 0.263 e. The zero-order valence-corrected chi connectivity index (χ0v) is 14.2. The normalized spacial score (nSPS) is 21.5. The van der Waals surface area contributed by atoms with Crippen molar-refractivity contribution in [1.29, 1.82) is 0 Å². The minimum Gasteiger partial charge on any atom is -0.497 e. The highest BCUT2D eigenvalue weighted by atomic mass is 35.5. The SMILES string of the molecule is COc1ccc(N2C(=O)[C@H]3N=NN(c4ccc(F)c(Cl)c4)[C@H]3C2=O)cc1. The fourth-order valence-electron chi connectivity index (χ4n) is 2.99. The molecule has 2 aromatic rings. The topological polar surface area (TPSA) is 74.6 Å². The van der Waals surface area contributed by atoms with Crippen LogP contribution < -0.4 is 14.6 Å². The number of benzene rings is 2. The Morgan fingerprint density at radius 1 is 1.08 bits per heavy atom. The monoisotopic (exact) mass is 374 g/mol. The highest BCUT2D eigenvalue weighted by Gasteiger charge is 2.55. The van der Waals surface area contributed by atoms with E-state index in [1.165, 1.54) is 30.3 Å². The first-order valence-corrected chi connectivity index (χ1v) is 8.06. The predicted molar refractivity (Wildman–Crippen MR) is 91.8 cm³/mol. The van der Waals surface area contributed by atoms with Gasteiger partial charge >= 0.3 is 0 Å². The molecular formula is C17H12ClFN4O3. The second kappa shape index (κ2) is 6.06. The number of imide groups is 1. The van der Waals surface area contributed by atoms with Crippen molar-refractivity contribution in [3.8, 4) is 5.75 Å². The number of hydrogen-bond acceptors (Lipinski definition) is 6. The van der Waals surface area contributed by atoms with E-state index in [0.29, 0.717) is 17.1 Å². The molecule has 1 saturated heterocycles. The number of carbonyl (C=O) groups is 2. The van der Waals surface area contributed by atoms with Crippen molar-refractivity contribution in [1.82, 2.24) is 0 Å². The maximum Gasteiger partial charge on any atom is 0.263 e. The molecular weight excluding hydrogens is 363 g/mol. The maximum absolute atomic E-state index is 13.4. The van der Waals surface area contributed by atoms with Gasteiger partial charge in [0.15, 0.2) is 12.1 Å². The second-order valence-electron chi connectivity index (χ2n) is 5.75. The van der Waals surface area contributed by atoms with Crippen LogP contribution in [0.2, 0.25) is 5.02 Å². The van der Waals surface area contributed by atoms with Crippen molar-refractivity contribution in [3.63, 3.8) is 0 Å². The second-order valence-corrected chi connectivity index (χ2v) is 6.15. The van der Waals surface area contributed by atoms with Crippen molar-refractivity contribution in [2.75, 3.05) is 17.0 Å². The van der Waals surface area contributed by atoms with Crippen LogP contribution in [0, 0.1) is 5.82 Å². The summed E-state index contributed by atoms with van der Waals surface area (Å²) in [5.41, 5.74) is 0.799. The standard InChI is InChI=1S/C17H12ClFN4O3/c1-26-11-5-2-9(3-6-11)22-16(24)14-15(17(22)25)23(21-20-14)10-4-7-13(19)12(18)8-10/h2-8,14-15H,1H3/t14-,15+/m0/s1. The number of halogens is 2. The van der Waals surface area contributed by atoms with Gasteiger partial charge in [0.1, 0.15) is 11.6 Å². The summed E-state index contributed by atoms with van der Waals surface area (Å²) in [4.78, 5) is 26.6. The summed E-state index contributed by atoms with van der Waals surface area (Å²) in [5, 5.41) is 9.02. The molecule has 0 aromatic heterocycles. The minimum atomic E-state index is -0.951. The first-order chi connectivity index (χ1) is 12.5. The van der Waals surface area contributed by atoms with Crippen molar-refractivity contribution in [2.45, 2.75) is 12.1 Å². The Morgan fingerprint density at radius 3 is 2.42 bits per heavy atom. The molecule has 26 heavy (non-hydrogen) atoms. The Balaban J connectivity index is 1.67. The molecule has 132 valence electrons. The first-order valence-electron chi connectivity index (χ1n) is 7.68. The van der Waals surface area contributed by atoms with Crippen LogP contribution >= 0.6 is 11.6 Å². The van der Waals surface area contributed by atoms with E-state index in [-0.39, 0.29) is 5.02 Å². The number of carbonyl (C=O) groups excluding carboxylic acids is 2. The molecule has 2 atom stereocenters. The minimum absolute atomic E-state index is 0.107. The average Bonchev–Trinajstić information content (AvgIpc) is 3.18. The molecule has 2 aromatic carbocycles. The maximum atomic E-state index is 13.4. The number of hydrogen-bond donors (Lipinski definition) is 0. The Bertz CT molecular complexity index is 934. The number of rotatable bonds is 3. The van der Waals surface area contributed by atoms with Gasteiger partial charge in [0.05, 0.1) is 23.5 Å². The summed E-state index contributed by atoms with van der Waals surface area (Å²) in [7, 11) is 1.53. The third-order valence-electron chi connectivity index (χ3n) is 4.28. The van der Waals surface area contributed by atoms with E-state index in [2.05, 4.69) is 10.3 Å². The van der Waals surface area contributed by atoms with Gasteiger partial charge in [0, 0.05) is 0 Å². The number of amides is 2. The van der Waals surface area contributed by atoms with Crippen molar-refractivity contribution in [3.05, 3.63) is 53.3 Å². The highest BCUT2D eigenvalue weighted by molar-refractivity contribution is 6.31. The molecule has 2 aliphatic heterocycles. The molecule has 7 nitrogen and oxygen atoms in total. The molecule has 0 radical (unpaired) electrons. The fraction of sp³-hybridized carbons (Fsp3) is 0.176. The molecule has 0 spiro atoms. The van der Waals surface area contributed by atoms with Crippen LogP contribution in [0.15, 0.2) is 52.8 Å². The molecule has 2 heterocycles. The molecule has 0 unspecified atom stereocenters. The van der Waals surface area contributed by atoms with Crippen LogP contribution in [0.25, 0.3) is 0 Å². The molecule has 2 amide bonds. The lowest BCUT2D eigenvalue weighted by atomic mass is 10.1. The number of methoxy groups -OCH3 is 1. The zero-order valence-electron chi connectivity index (χ0n) is 13.5. The molecule has 1 fully saturated rings. The van der Waals surface area contributed by atoms with Crippen molar-refractivity contribution in [2.24, 2.45) is 10.3 Å². The Kier molecular flexibility index (Phi) is 3.84. The molecule has 0 bridgehead atoms. The number of nitrogens with zero attached hydrogens (tertiary/aromatic N) is 4. The highest BCUT2D eigenvalue weighted by Crippen LogP contribution is 2.36. The largest absolute Gasteiger partial charge is 0.497 e. The van der Waals surface area contributed by atoms with Gasteiger partial charge in [-0.2, -0.15) is 5.11 Å². The third-order valence-corrected chi connectivity index (χ3v) is 4.57. The van der Waals surface area contributed by atoms with Crippen LogP contribution in [-0.2, 0) is 9.59 Å². The first kappa shape index (κ1) is 16.5. The lowest BCUT2D eigenvalue weighted by Crippen LogP contribution is -2.39. The van der Waals surface area contributed by atoms with Gasteiger partial charge < -0.3 is 4.74 Å². The summed E-state index contributed by atoms with van der Waals surface area (Å²) in [6.45, 7) is 0. The Morgan fingerprint density at radius 2 is 1.77 bits per heavy atom. The third kappa shape index (κ3) is 2.41.